The van der Waals surface area contributed by atoms with Crippen LogP contribution >= 0.6 is 0 Å². The Balaban J connectivity index is 1.10. The van der Waals surface area contributed by atoms with Gasteiger partial charge in [-0.25, -0.2) is 9.37 Å². The van der Waals surface area contributed by atoms with Crippen LogP contribution in [0.2, 0.25) is 0 Å². The van der Waals surface area contributed by atoms with E-state index in [1.807, 2.05) is 30.3 Å². The molecule has 1 fully saturated rings. The SMILES string of the molecule is COc1ccc(-c2cc(NCCCNC3CCN(Cc4ccc(F)cc4)CC3)c3ccccc3n2)cc1. The van der Waals surface area contributed by atoms with Crippen molar-refractivity contribution in [2.24, 2.45) is 0 Å². The number of piperidine rings is 1. The summed E-state index contributed by atoms with van der Waals surface area (Å²) in [6.45, 7) is 4.93. The van der Waals surface area contributed by atoms with Crippen molar-refractivity contribution in [2.45, 2.75) is 31.8 Å². The monoisotopic (exact) mass is 498 g/mol. The summed E-state index contributed by atoms with van der Waals surface area (Å²) in [5, 5.41) is 8.54. The second-order valence-electron chi connectivity index (χ2n) is 9.71. The molecule has 6 heteroatoms. The van der Waals surface area contributed by atoms with Crippen LogP contribution in [0.25, 0.3) is 22.2 Å². The maximum atomic E-state index is 13.1. The molecule has 1 aliphatic heterocycles. The lowest BCUT2D eigenvalue weighted by atomic mass is 10.0. The van der Waals surface area contributed by atoms with Crippen LogP contribution < -0.4 is 15.4 Å². The van der Waals surface area contributed by atoms with E-state index in [1.165, 1.54) is 5.56 Å². The molecule has 4 aromatic rings. The third-order valence-corrected chi connectivity index (χ3v) is 7.11. The van der Waals surface area contributed by atoms with Gasteiger partial charge in [-0.1, -0.05) is 30.3 Å². The van der Waals surface area contributed by atoms with Gasteiger partial charge in [0, 0.05) is 35.8 Å². The highest BCUT2D eigenvalue weighted by Crippen LogP contribution is 2.29. The van der Waals surface area contributed by atoms with E-state index < -0.39 is 0 Å². The summed E-state index contributed by atoms with van der Waals surface area (Å²) < 4.78 is 18.4. The van der Waals surface area contributed by atoms with E-state index >= 15 is 0 Å². The summed E-state index contributed by atoms with van der Waals surface area (Å²) in [4.78, 5) is 7.35. The molecule has 1 aliphatic rings. The van der Waals surface area contributed by atoms with Gasteiger partial charge in [-0.2, -0.15) is 0 Å². The molecule has 0 spiro atoms. The molecule has 0 saturated carbocycles. The number of ether oxygens (including phenoxy) is 1. The maximum absolute atomic E-state index is 13.1. The predicted molar refractivity (Wildman–Crippen MR) is 150 cm³/mol. The lowest BCUT2D eigenvalue weighted by molar-refractivity contribution is 0.191. The molecule has 1 saturated heterocycles. The van der Waals surface area contributed by atoms with Crippen LogP contribution in [0.5, 0.6) is 5.75 Å². The van der Waals surface area contributed by atoms with Crippen LogP contribution in [0.4, 0.5) is 10.1 Å². The third-order valence-electron chi connectivity index (χ3n) is 7.11. The smallest absolute Gasteiger partial charge is 0.123 e. The Bertz CT molecular complexity index is 1290. The zero-order valence-corrected chi connectivity index (χ0v) is 21.4. The Morgan fingerprint density at radius 1 is 0.946 bits per heavy atom. The van der Waals surface area contributed by atoms with E-state index in [0.717, 1.165) is 85.6 Å². The van der Waals surface area contributed by atoms with Crippen LogP contribution in [-0.4, -0.2) is 49.2 Å². The van der Waals surface area contributed by atoms with E-state index in [0.29, 0.717) is 6.04 Å². The van der Waals surface area contributed by atoms with Gasteiger partial charge in [0.1, 0.15) is 11.6 Å². The highest BCUT2D eigenvalue weighted by molar-refractivity contribution is 5.93. The zero-order valence-electron chi connectivity index (χ0n) is 21.4. The number of aromatic nitrogens is 1. The van der Waals surface area contributed by atoms with E-state index in [-0.39, 0.29) is 5.82 Å². The first kappa shape index (κ1) is 25.2. The van der Waals surface area contributed by atoms with Gasteiger partial charge in [0.05, 0.1) is 18.3 Å². The quantitative estimate of drug-likeness (QED) is 0.259. The number of methoxy groups -OCH3 is 1. The van der Waals surface area contributed by atoms with E-state index in [9.17, 15) is 4.39 Å². The topological polar surface area (TPSA) is 49.4 Å². The summed E-state index contributed by atoms with van der Waals surface area (Å²) in [6, 6.07) is 25.9. The van der Waals surface area contributed by atoms with Crippen molar-refractivity contribution >= 4 is 16.6 Å². The Morgan fingerprint density at radius 3 is 2.46 bits per heavy atom. The summed E-state index contributed by atoms with van der Waals surface area (Å²) in [6.07, 6.45) is 3.34. The molecular formula is C31H35FN4O. The highest BCUT2D eigenvalue weighted by atomic mass is 19.1. The second kappa shape index (κ2) is 12.2. The number of halogens is 1. The van der Waals surface area contributed by atoms with Crippen LogP contribution in [0.1, 0.15) is 24.8 Å². The zero-order chi connectivity index (χ0) is 25.5. The van der Waals surface area contributed by atoms with Crippen molar-refractivity contribution in [3.63, 3.8) is 0 Å². The second-order valence-corrected chi connectivity index (χ2v) is 9.71. The summed E-state index contributed by atoms with van der Waals surface area (Å²) >= 11 is 0. The van der Waals surface area contributed by atoms with Crippen LogP contribution in [0, 0.1) is 5.82 Å². The molecule has 0 radical (unpaired) electrons. The minimum absolute atomic E-state index is 0.170. The van der Waals surface area contributed by atoms with Gasteiger partial charge < -0.3 is 15.4 Å². The molecule has 2 N–H and O–H groups in total. The molecule has 37 heavy (non-hydrogen) atoms. The standard InChI is InChI=1S/C31H35FN4O/c1-37-27-13-9-24(10-14-27)30-21-31(28-5-2-3-6-29(28)35-30)34-18-4-17-33-26-15-19-36(20-16-26)22-23-7-11-25(32)12-8-23/h2-3,5-14,21,26,33H,4,15-20,22H2,1H3,(H,34,35). The first-order valence-electron chi connectivity index (χ1n) is 13.2. The van der Waals surface area contributed by atoms with Crippen LogP contribution in [0.15, 0.2) is 78.9 Å². The fourth-order valence-corrected chi connectivity index (χ4v) is 4.99. The lowest BCUT2D eigenvalue weighted by Gasteiger charge is -2.32. The van der Waals surface area contributed by atoms with Crippen LogP contribution in [0.3, 0.4) is 0 Å². The Labute approximate surface area is 218 Å². The first-order valence-corrected chi connectivity index (χ1v) is 13.2. The Morgan fingerprint density at radius 2 is 1.70 bits per heavy atom. The molecule has 0 amide bonds. The van der Waals surface area contributed by atoms with Gasteiger partial charge in [0.2, 0.25) is 0 Å². The minimum atomic E-state index is -0.170. The van der Waals surface area contributed by atoms with Crippen LogP contribution in [-0.2, 0) is 6.54 Å². The van der Waals surface area contributed by atoms with Gasteiger partial charge in [0.25, 0.3) is 0 Å². The number of fused-ring (bicyclic) bond motifs is 1. The van der Waals surface area contributed by atoms with Crippen molar-refractivity contribution in [3.8, 4) is 17.0 Å². The van der Waals surface area contributed by atoms with Gasteiger partial charge in [0.15, 0.2) is 0 Å². The number of anilines is 1. The Hall–Kier alpha value is -3.48. The molecule has 5 rings (SSSR count). The third kappa shape index (κ3) is 6.64. The minimum Gasteiger partial charge on any atom is -0.497 e. The molecule has 3 aromatic carbocycles. The fraction of sp³-hybridized carbons (Fsp3) is 0.323. The highest BCUT2D eigenvalue weighted by Gasteiger charge is 2.18. The number of pyridine rings is 1. The number of hydrogen-bond donors (Lipinski definition) is 2. The number of hydrogen-bond acceptors (Lipinski definition) is 5. The summed E-state index contributed by atoms with van der Waals surface area (Å²) in [7, 11) is 1.68. The number of nitrogens with one attached hydrogen (secondary N) is 2. The number of likely N-dealkylation sites (tertiary alicyclic amines) is 1. The van der Waals surface area contributed by atoms with Crippen molar-refractivity contribution in [1.82, 2.24) is 15.2 Å². The molecule has 0 bridgehead atoms. The molecule has 5 nitrogen and oxygen atoms in total. The number of para-hydroxylation sites is 1. The molecular weight excluding hydrogens is 463 g/mol. The van der Waals surface area contributed by atoms with E-state index in [1.54, 1.807) is 19.2 Å². The molecule has 0 unspecified atom stereocenters. The molecule has 192 valence electrons. The van der Waals surface area contributed by atoms with Gasteiger partial charge in [-0.05, 0) is 93.0 Å². The molecule has 0 atom stereocenters. The predicted octanol–water partition coefficient (Wildman–Crippen LogP) is 6.11. The lowest BCUT2D eigenvalue weighted by Crippen LogP contribution is -2.42. The average Bonchev–Trinajstić information content (AvgIpc) is 2.95. The number of rotatable bonds is 10. The largest absolute Gasteiger partial charge is 0.497 e. The van der Waals surface area contributed by atoms with Crippen molar-refractivity contribution in [2.75, 3.05) is 38.6 Å². The van der Waals surface area contributed by atoms with Crippen molar-refractivity contribution < 1.29 is 9.13 Å². The fourth-order valence-electron chi connectivity index (χ4n) is 4.99. The van der Waals surface area contributed by atoms with Crippen molar-refractivity contribution in [1.29, 1.82) is 0 Å². The summed E-state index contributed by atoms with van der Waals surface area (Å²) in [5.74, 6) is 0.671. The molecule has 0 aliphatic carbocycles. The number of nitrogens with zero attached hydrogens (tertiary/aromatic N) is 2. The maximum Gasteiger partial charge on any atom is 0.123 e. The van der Waals surface area contributed by atoms with E-state index in [2.05, 4.69) is 51.9 Å². The number of benzene rings is 3. The summed E-state index contributed by atoms with van der Waals surface area (Å²) in [5.41, 5.74) is 5.31. The van der Waals surface area contributed by atoms with Gasteiger partial charge in [-0.3, -0.25) is 4.90 Å². The first-order chi connectivity index (χ1) is 18.2. The van der Waals surface area contributed by atoms with Crippen molar-refractivity contribution in [3.05, 3.63) is 90.2 Å². The van der Waals surface area contributed by atoms with Gasteiger partial charge >= 0.3 is 0 Å². The normalized spacial score (nSPS) is 14.6. The Kier molecular flexibility index (Phi) is 8.28. The van der Waals surface area contributed by atoms with Gasteiger partial charge in [-0.15, -0.1) is 0 Å². The van der Waals surface area contributed by atoms with E-state index in [4.69, 9.17) is 9.72 Å². The molecule has 1 aromatic heterocycles. The molecule has 2 heterocycles. The average molecular weight is 499 g/mol.